The van der Waals surface area contributed by atoms with Gasteiger partial charge in [-0.25, -0.2) is 18.2 Å². The van der Waals surface area contributed by atoms with Gasteiger partial charge in [-0.05, 0) is 30.2 Å². The molecule has 2 aromatic rings. The highest BCUT2D eigenvalue weighted by Crippen LogP contribution is 2.09. The maximum absolute atomic E-state index is 12.1. The van der Waals surface area contributed by atoms with Gasteiger partial charge in [-0.1, -0.05) is 19.1 Å². The van der Waals surface area contributed by atoms with Gasteiger partial charge in [-0.15, -0.1) is 0 Å². The lowest BCUT2D eigenvalue weighted by Gasteiger charge is -2.08. The molecule has 1 amide bonds. The molecule has 1 aromatic carbocycles. The number of nitrogens with one attached hydrogen (secondary N) is 1. The normalized spacial score (nSPS) is 11.2. The lowest BCUT2D eigenvalue weighted by molar-refractivity contribution is 0.0943. The molecule has 2 rings (SSSR count). The van der Waals surface area contributed by atoms with Crippen LogP contribution in [-0.2, 0) is 23.1 Å². The number of nitrogens with two attached hydrogens (primary N) is 1. The molecule has 1 heterocycles. The molecule has 0 radical (unpaired) electrons. The lowest BCUT2D eigenvalue weighted by Crippen LogP contribution is -2.29. The third kappa shape index (κ3) is 4.49. The predicted octanol–water partition coefficient (Wildman–Crippen LogP) is 0.231. The maximum Gasteiger partial charge on any atom is 0.271 e. The molecule has 0 aliphatic carbocycles. The van der Waals surface area contributed by atoms with Crippen molar-refractivity contribution in [3.8, 4) is 0 Å². The molecule has 0 atom stereocenters. The van der Waals surface area contributed by atoms with Crippen LogP contribution in [0.5, 0.6) is 0 Å². The van der Waals surface area contributed by atoms with Crippen LogP contribution in [-0.4, -0.2) is 24.1 Å². The number of aromatic nitrogens is 2. The zero-order valence-corrected chi connectivity index (χ0v) is 13.9. The number of amides is 1. The Balaban J connectivity index is 2.11. The number of carbonyl (C=O) groups is 1. The Bertz CT molecular complexity index is 906. The van der Waals surface area contributed by atoms with Gasteiger partial charge in [0.1, 0.15) is 5.69 Å². The summed E-state index contributed by atoms with van der Waals surface area (Å²) in [4.78, 5) is 23.7. The third-order valence-corrected chi connectivity index (χ3v) is 4.13. The zero-order chi connectivity index (χ0) is 17.7. The van der Waals surface area contributed by atoms with E-state index in [1.165, 1.54) is 28.9 Å². The Morgan fingerprint density at radius 2 is 2.04 bits per heavy atom. The summed E-state index contributed by atoms with van der Waals surface area (Å²) in [5.74, 6) is -0.458. The summed E-state index contributed by atoms with van der Waals surface area (Å²) in [5.41, 5.74) is 0.427. The maximum atomic E-state index is 12.1. The second-order valence-electron chi connectivity index (χ2n) is 5.16. The van der Waals surface area contributed by atoms with E-state index >= 15 is 0 Å². The fraction of sp³-hybridized carbons (Fsp3) is 0.267. The zero-order valence-electron chi connectivity index (χ0n) is 13.1. The van der Waals surface area contributed by atoms with E-state index in [0.717, 1.165) is 6.42 Å². The number of primary sulfonamides is 1. The SMILES string of the molecule is CCCn1nc(C(=O)NCc2cccc(S(N)(=O)=O)c2)ccc1=O. The largest absolute Gasteiger partial charge is 0.347 e. The van der Waals surface area contributed by atoms with E-state index in [9.17, 15) is 18.0 Å². The van der Waals surface area contributed by atoms with E-state index in [1.807, 2.05) is 6.92 Å². The van der Waals surface area contributed by atoms with Crippen LogP contribution < -0.4 is 16.0 Å². The summed E-state index contributed by atoms with van der Waals surface area (Å²) in [6.07, 6.45) is 0.721. The van der Waals surface area contributed by atoms with E-state index in [-0.39, 0.29) is 22.7 Å². The number of nitrogens with zero attached hydrogens (tertiary/aromatic N) is 2. The van der Waals surface area contributed by atoms with Crippen molar-refractivity contribution in [3.05, 3.63) is 58.0 Å². The highest BCUT2D eigenvalue weighted by atomic mass is 32.2. The molecule has 1 aromatic heterocycles. The van der Waals surface area contributed by atoms with E-state index in [2.05, 4.69) is 10.4 Å². The minimum atomic E-state index is -3.80. The molecule has 0 aliphatic rings. The third-order valence-electron chi connectivity index (χ3n) is 3.21. The van der Waals surface area contributed by atoms with Crippen LogP contribution in [0.4, 0.5) is 0 Å². The lowest BCUT2D eigenvalue weighted by atomic mass is 10.2. The number of carbonyl (C=O) groups excluding carboxylic acids is 1. The molecule has 0 spiro atoms. The Kier molecular flexibility index (Phi) is 5.47. The van der Waals surface area contributed by atoms with Gasteiger partial charge in [0, 0.05) is 19.2 Å². The standard InChI is InChI=1S/C15H18N4O4S/c1-2-8-19-14(20)7-6-13(18-19)15(21)17-10-11-4-3-5-12(9-11)24(16,22)23/h3-7,9H,2,8,10H2,1H3,(H,17,21)(H2,16,22,23). The summed E-state index contributed by atoms with van der Waals surface area (Å²) in [5, 5.41) is 11.7. The van der Waals surface area contributed by atoms with E-state index in [0.29, 0.717) is 12.1 Å². The summed E-state index contributed by atoms with van der Waals surface area (Å²) < 4.78 is 23.9. The Morgan fingerprint density at radius 3 is 2.71 bits per heavy atom. The second-order valence-corrected chi connectivity index (χ2v) is 6.72. The molecular weight excluding hydrogens is 332 g/mol. The van der Waals surface area contributed by atoms with Gasteiger partial charge in [-0.3, -0.25) is 9.59 Å². The van der Waals surface area contributed by atoms with Crippen molar-refractivity contribution in [2.75, 3.05) is 0 Å². The summed E-state index contributed by atoms with van der Waals surface area (Å²) in [6.45, 7) is 2.44. The second kappa shape index (κ2) is 7.37. The average molecular weight is 350 g/mol. The monoisotopic (exact) mass is 350 g/mol. The van der Waals surface area contributed by atoms with Crippen molar-refractivity contribution in [1.82, 2.24) is 15.1 Å². The van der Waals surface area contributed by atoms with Gasteiger partial charge < -0.3 is 5.32 Å². The van der Waals surface area contributed by atoms with Crippen LogP contribution in [0.15, 0.2) is 46.1 Å². The minimum absolute atomic E-state index is 0.0242. The van der Waals surface area contributed by atoms with Crippen LogP contribution in [0.25, 0.3) is 0 Å². The fourth-order valence-corrected chi connectivity index (χ4v) is 2.63. The van der Waals surface area contributed by atoms with E-state index in [1.54, 1.807) is 12.1 Å². The molecule has 24 heavy (non-hydrogen) atoms. The first-order valence-corrected chi connectivity index (χ1v) is 8.84. The van der Waals surface area contributed by atoms with Crippen LogP contribution in [0.2, 0.25) is 0 Å². The predicted molar refractivity (Wildman–Crippen MR) is 87.8 cm³/mol. The molecule has 128 valence electrons. The molecule has 0 unspecified atom stereocenters. The molecule has 0 saturated heterocycles. The summed E-state index contributed by atoms with van der Waals surface area (Å²) in [6, 6.07) is 8.62. The molecule has 3 N–H and O–H groups in total. The van der Waals surface area contributed by atoms with E-state index < -0.39 is 15.9 Å². The molecule has 0 bridgehead atoms. The smallest absolute Gasteiger partial charge is 0.271 e. The average Bonchev–Trinajstić information content (AvgIpc) is 2.54. The molecule has 8 nitrogen and oxygen atoms in total. The molecule has 0 aliphatic heterocycles. The van der Waals surface area contributed by atoms with Crippen molar-refractivity contribution in [1.29, 1.82) is 0 Å². The van der Waals surface area contributed by atoms with Crippen molar-refractivity contribution in [3.63, 3.8) is 0 Å². The van der Waals surface area contributed by atoms with E-state index in [4.69, 9.17) is 5.14 Å². The van der Waals surface area contributed by atoms with Gasteiger partial charge in [0.05, 0.1) is 4.90 Å². The first kappa shape index (κ1) is 17.8. The first-order chi connectivity index (χ1) is 11.3. The van der Waals surface area contributed by atoms with Crippen molar-refractivity contribution in [2.45, 2.75) is 31.3 Å². The summed E-state index contributed by atoms with van der Waals surface area (Å²) >= 11 is 0. The van der Waals surface area contributed by atoms with Crippen molar-refractivity contribution < 1.29 is 13.2 Å². The molecule has 0 saturated carbocycles. The van der Waals surface area contributed by atoms with Crippen LogP contribution in [0.3, 0.4) is 0 Å². The van der Waals surface area contributed by atoms with Crippen LogP contribution in [0.1, 0.15) is 29.4 Å². The Labute approximate surface area is 139 Å². The van der Waals surface area contributed by atoms with Gasteiger partial charge >= 0.3 is 0 Å². The highest BCUT2D eigenvalue weighted by molar-refractivity contribution is 7.89. The number of sulfonamides is 1. The number of hydrogen-bond acceptors (Lipinski definition) is 5. The van der Waals surface area contributed by atoms with Gasteiger partial charge in [0.25, 0.3) is 11.5 Å². The number of hydrogen-bond donors (Lipinski definition) is 2. The molecule has 9 heteroatoms. The summed E-state index contributed by atoms with van der Waals surface area (Å²) in [7, 11) is -3.80. The van der Waals surface area contributed by atoms with Crippen molar-refractivity contribution >= 4 is 15.9 Å². The highest BCUT2D eigenvalue weighted by Gasteiger charge is 2.11. The van der Waals surface area contributed by atoms with Crippen LogP contribution in [0, 0.1) is 0 Å². The van der Waals surface area contributed by atoms with Gasteiger partial charge in [0.2, 0.25) is 10.0 Å². The topological polar surface area (TPSA) is 124 Å². The number of benzene rings is 1. The Hall–Kier alpha value is -2.52. The van der Waals surface area contributed by atoms with Crippen molar-refractivity contribution in [2.24, 2.45) is 5.14 Å². The quantitative estimate of drug-likeness (QED) is 0.772. The van der Waals surface area contributed by atoms with Crippen LogP contribution >= 0.6 is 0 Å². The minimum Gasteiger partial charge on any atom is -0.347 e. The fourth-order valence-electron chi connectivity index (χ4n) is 2.05. The first-order valence-electron chi connectivity index (χ1n) is 7.29. The Morgan fingerprint density at radius 1 is 1.29 bits per heavy atom. The number of aryl methyl sites for hydroxylation is 1. The molecular formula is C15H18N4O4S. The number of rotatable bonds is 6. The molecule has 0 fully saturated rings. The van der Waals surface area contributed by atoms with Gasteiger partial charge in [0.15, 0.2) is 0 Å². The van der Waals surface area contributed by atoms with Gasteiger partial charge in [-0.2, -0.15) is 5.10 Å².